The summed E-state index contributed by atoms with van der Waals surface area (Å²) in [7, 11) is 0. The molecule has 0 amide bonds. The Bertz CT molecular complexity index is 519. The highest BCUT2D eigenvalue weighted by molar-refractivity contribution is 6.31. The Labute approximate surface area is 124 Å². The lowest BCUT2D eigenvalue weighted by Gasteiger charge is -2.14. The van der Waals surface area contributed by atoms with Gasteiger partial charge < -0.3 is 10.1 Å². The van der Waals surface area contributed by atoms with Crippen LogP contribution >= 0.6 is 11.6 Å². The SMILES string of the molecule is CC(Cc1ccccc1)NCCOc1ncccc1Cl. The van der Waals surface area contributed by atoms with E-state index in [0.717, 1.165) is 13.0 Å². The zero-order valence-electron chi connectivity index (χ0n) is 11.6. The molecule has 0 saturated carbocycles. The zero-order valence-corrected chi connectivity index (χ0v) is 12.3. The summed E-state index contributed by atoms with van der Waals surface area (Å²) in [5.74, 6) is 0.492. The number of nitrogens with zero attached hydrogens (tertiary/aromatic N) is 1. The predicted molar refractivity (Wildman–Crippen MR) is 82.4 cm³/mol. The molecule has 1 N–H and O–H groups in total. The molecule has 0 aliphatic heterocycles. The average Bonchev–Trinajstić information content (AvgIpc) is 2.46. The number of hydrogen-bond acceptors (Lipinski definition) is 3. The molecule has 0 radical (unpaired) electrons. The van der Waals surface area contributed by atoms with Crippen LogP contribution in [0.1, 0.15) is 12.5 Å². The van der Waals surface area contributed by atoms with Crippen molar-refractivity contribution in [2.75, 3.05) is 13.2 Å². The molecule has 2 rings (SSSR count). The van der Waals surface area contributed by atoms with E-state index in [1.165, 1.54) is 5.56 Å². The van der Waals surface area contributed by atoms with Crippen LogP contribution in [-0.4, -0.2) is 24.2 Å². The van der Waals surface area contributed by atoms with Crippen molar-refractivity contribution in [3.05, 3.63) is 59.2 Å². The van der Waals surface area contributed by atoms with Gasteiger partial charge in [0.1, 0.15) is 11.6 Å². The molecule has 0 aliphatic carbocycles. The van der Waals surface area contributed by atoms with Crippen LogP contribution in [-0.2, 0) is 6.42 Å². The first-order valence-corrected chi connectivity index (χ1v) is 7.14. The number of nitrogens with one attached hydrogen (secondary N) is 1. The van der Waals surface area contributed by atoms with Crippen LogP contribution in [0.5, 0.6) is 5.88 Å². The summed E-state index contributed by atoms with van der Waals surface area (Å²) in [5, 5.41) is 3.97. The summed E-state index contributed by atoms with van der Waals surface area (Å²) < 4.78 is 5.53. The van der Waals surface area contributed by atoms with Gasteiger partial charge in [0.15, 0.2) is 0 Å². The van der Waals surface area contributed by atoms with E-state index < -0.39 is 0 Å². The molecule has 1 aromatic heterocycles. The van der Waals surface area contributed by atoms with Crippen LogP contribution in [0, 0.1) is 0 Å². The molecule has 0 aliphatic rings. The maximum atomic E-state index is 5.97. The molecular formula is C16H19ClN2O. The van der Waals surface area contributed by atoms with Gasteiger partial charge in [-0.3, -0.25) is 0 Å². The van der Waals surface area contributed by atoms with E-state index in [1.807, 2.05) is 6.07 Å². The minimum Gasteiger partial charge on any atom is -0.475 e. The first kappa shape index (κ1) is 14.8. The smallest absolute Gasteiger partial charge is 0.232 e. The fourth-order valence-corrected chi connectivity index (χ4v) is 2.15. The highest BCUT2D eigenvalue weighted by Crippen LogP contribution is 2.19. The number of benzene rings is 1. The minimum absolute atomic E-state index is 0.403. The summed E-state index contributed by atoms with van der Waals surface area (Å²) >= 11 is 5.97. The summed E-state index contributed by atoms with van der Waals surface area (Å²) in [6, 6.07) is 14.4. The average molecular weight is 291 g/mol. The largest absolute Gasteiger partial charge is 0.475 e. The molecule has 1 heterocycles. The second-order valence-electron chi connectivity index (χ2n) is 4.68. The molecule has 0 spiro atoms. The number of halogens is 1. The Hall–Kier alpha value is -1.58. The van der Waals surface area contributed by atoms with Gasteiger partial charge in [-0.05, 0) is 31.0 Å². The number of rotatable bonds is 7. The normalized spacial score (nSPS) is 12.1. The molecule has 4 heteroatoms. The van der Waals surface area contributed by atoms with Gasteiger partial charge in [0, 0.05) is 18.8 Å². The van der Waals surface area contributed by atoms with Gasteiger partial charge in [-0.15, -0.1) is 0 Å². The molecule has 20 heavy (non-hydrogen) atoms. The number of aromatic nitrogens is 1. The fourth-order valence-electron chi connectivity index (χ4n) is 1.97. The van der Waals surface area contributed by atoms with Gasteiger partial charge >= 0.3 is 0 Å². The van der Waals surface area contributed by atoms with E-state index in [4.69, 9.17) is 16.3 Å². The lowest BCUT2D eigenvalue weighted by atomic mass is 10.1. The van der Waals surface area contributed by atoms with Gasteiger partial charge in [0.2, 0.25) is 5.88 Å². The van der Waals surface area contributed by atoms with Crippen LogP contribution in [0.25, 0.3) is 0 Å². The van der Waals surface area contributed by atoms with Crippen LogP contribution < -0.4 is 10.1 Å². The lowest BCUT2D eigenvalue weighted by molar-refractivity contribution is 0.296. The van der Waals surface area contributed by atoms with E-state index in [1.54, 1.807) is 18.3 Å². The third kappa shape index (κ3) is 4.83. The Kier molecular flexibility index (Phi) is 5.84. The number of ether oxygens (including phenoxy) is 1. The van der Waals surface area contributed by atoms with Crippen molar-refractivity contribution in [3.63, 3.8) is 0 Å². The summed E-state index contributed by atoms with van der Waals surface area (Å²) in [4.78, 5) is 4.08. The molecule has 106 valence electrons. The Morgan fingerprint density at radius 2 is 2.00 bits per heavy atom. The highest BCUT2D eigenvalue weighted by Gasteiger charge is 2.04. The Morgan fingerprint density at radius 1 is 1.20 bits per heavy atom. The third-order valence-electron chi connectivity index (χ3n) is 2.94. The van der Waals surface area contributed by atoms with E-state index in [2.05, 4.69) is 41.5 Å². The first-order chi connectivity index (χ1) is 9.75. The molecule has 3 nitrogen and oxygen atoms in total. The second kappa shape index (κ2) is 7.88. The van der Waals surface area contributed by atoms with Crippen molar-refractivity contribution in [3.8, 4) is 5.88 Å². The standard InChI is InChI=1S/C16H19ClN2O/c1-13(12-14-6-3-2-4-7-14)18-10-11-20-16-15(17)8-5-9-19-16/h2-9,13,18H,10-12H2,1H3. The molecular weight excluding hydrogens is 272 g/mol. The van der Waals surface area contributed by atoms with Gasteiger partial charge in [0.05, 0.1) is 0 Å². The number of hydrogen-bond donors (Lipinski definition) is 1. The van der Waals surface area contributed by atoms with Crippen molar-refractivity contribution >= 4 is 11.6 Å². The van der Waals surface area contributed by atoms with Crippen molar-refractivity contribution in [2.24, 2.45) is 0 Å². The summed E-state index contributed by atoms with van der Waals surface area (Å²) in [5.41, 5.74) is 1.33. The van der Waals surface area contributed by atoms with E-state index in [-0.39, 0.29) is 0 Å². The molecule has 1 atom stereocenters. The maximum absolute atomic E-state index is 5.97. The zero-order chi connectivity index (χ0) is 14.2. The maximum Gasteiger partial charge on any atom is 0.232 e. The summed E-state index contributed by atoms with van der Waals surface area (Å²) in [6.45, 7) is 3.48. The Balaban J connectivity index is 1.67. The Morgan fingerprint density at radius 3 is 2.75 bits per heavy atom. The van der Waals surface area contributed by atoms with Crippen molar-refractivity contribution in [1.82, 2.24) is 10.3 Å². The number of pyridine rings is 1. The van der Waals surface area contributed by atoms with Crippen molar-refractivity contribution in [2.45, 2.75) is 19.4 Å². The molecule has 2 aromatic rings. The lowest BCUT2D eigenvalue weighted by Crippen LogP contribution is -2.31. The fraction of sp³-hybridized carbons (Fsp3) is 0.312. The van der Waals surface area contributed by atoms with Crippen LogP contribution in [0.4, 0.5) is 0 Å². The van der Waals surface area contributed by atoms with Gasteiger partial charge in [-0.2, -0.15) is 0 Å². The first-order valence-electron chi connectivity index (χ1n) is 6.76. The molecule has 0 fully saturated rings. The van der Waals surface area contributed by atoms with E-state index >= 15 is 0 Å². The minimum atomic E-state index is 0.403. The van der Waals surface area contributed by atoms with Gasteiger partial charge in [0.25, 0.3) is 0 Å². The van der Waals surface area contributed by atoms with Gasteiger partial charge in [-0.25, -0.2) is 4.98 Å². The summed E-state index contributed by atoms with van der Waals surface area (Å²) in [6.07, 6.45) is 2.68. The quantitative estimate of drug-likeness (QED) is 0.794. The second-order valence-corrected chi connectivity index (χ2v) is 5.09. The van der Waals surface area contributed by atoms with Crippen LogP contribution in [0.2, 0.25) is 5.02 Å². The van der Waals surface area contributed by atoms with E-state index in [9.17, 15) is 0 Å². The van der Waals surface area contributed by atoms with Crippen LogP contribution in [0.3, 0.4) is 0 Å². The monoisotopic (exact) mass is 290 g/mol. The van der Waals surface area contributed by atoms with Gasteiger partial charge in [-0.1, -0.05) is 41.9 Å². The molecule has 1 aromatic carbocycles. The molecule has 1 unspecified atom stereocenters. The van der Waals surface area contributed by atoms with Crippen LogP contribution in [0.15, 0.2) is 48.7 Å². The van der Waals surface area contributed by atoms with E-state index in [0.29, 0.717) is 23.6 Å². The third-order valence-corrected chi connectivity index (χ3v) is 3.23. The highest BCUT2D eigenvalue weighted by atomic mass is 35.5. The topological polar surface area (TPSA) is 34.1 Å². The predicted octanol–water partition coefficient (Wildman–Crippen LogP) is 3.33. The van der Waals surface area contributed by atoms with Crippen molar-refractivity contribution in [1.29, 1.82) is 0 Å². The van der Waals surface area contributed by atoms with Crippen molar-refractivity contribution < 1.29 is 4.74 Å². The molecule has 0 saturated heterocycles. The molecule has 0 bridgehead atoms.